The van der Waals surface area contributed by atoms with E-state index in [2.05, 4.69) is 11.4 Å². The quantitative estimate of drug-likeness (QED) is 0.148. The van der Waals surface area contributed by atoms with E-state index in [1.165, 1.54) is 6.08 Å². The number of benzene rings is 2. The number of ether oxygens (including phenoxy) is 1. The number of nitrogens with one attached hydrogen (secondary N) is 1. The van der Waals surface area contributed by atoms with Gasteiger partial charge in [0.25, 0.3) is 0 Å². The third-order valence-corrected chi connectivity index (χ3v) is 7.58. The van der Waals surface area contributed by atoms with Crippen LogP contribution in [0.25, 0.3) is 33.3 Å². The summed E-state index contributed by atoms with van der Waals surface area (Å²) in [6, 6.07) is 16.6. The molecule has 12 heteroatoms. The Morgan fingerprint density at radius 3 is 2.70 bits per heavy atom. The van der Waals surface area contributed by atoms with E-state index in [4.69, 9.17) is 18.8 Å². The first-order valence-corrected chi connectivity index (χ1v) is 15.0. The number of anilines is 1. The molecule has 0 aliphatic carbocycles. The van der Waals surface area contributed by atoms with E-state index < -0.39 is 14.1 Å². The summed E-state index contributed by atoms with van der Waals surface area (Å²) in [7, 11) is 1.07. The fraction of sp³-hybridized carbons (Fsp3) is 0.258. The highest BCUT2D eigenvalue weighted by atomic mass is 31.2. The minimum atomic E-state index is -4.31. The maximum atomic E-state index is 12.5. The smallest absolute Gasteiger partial charge is 0.474 e. The maximum absolute atomic E-state index is 12.5. The van der Waals surface area contributed by atoms with Crippen molar-refractivity contribution in [1.29, 1.82) is 5.26 Å². The molecular weight excluding hydrogens is 569 g/mol. The fourth-order valence-corrected chi connectivity index (χ4v) is 5.37. The molecule has 0 aliphatic heterocycles. The number of nitriles is 1. The van der Waals surface area contributed by atoms with Crippen molar-refractivity contribution in [2.45, 2.75) is 20.1 Å². The molecule has 0 bridgehead atoms. The highest BCUT2D eigenvalue weighted by molar-refractivity contribution is 7.47. The topological polar surface area (TPSA) is 139 Å². The lowest BCUT2D eigenvalue weighted by Crippen LogP contribution is -2.13. The number of nitrogens with zero attached hydrogens (tertiary/aromatic N) is 4. The van der Waals surface area contributed by atoms with Gasteiger partial charge in [-0.25, -0.2) is 9.55 Å². The molecule has 4 aromatic rings. The zero-order valence-corrected chi connectivity index (χ0v) is 25.5. The van der Waals surface area contributed by atoms with E-state index in [1.807, 2.05) is 43.3 Å². The minimum Gasteiger partial charge on any atom is -0.497 e. The van der Waals surface area contributed by atoms with Crippen LogP contribution in [0, 0.1) is 11.3 Å². The monoisotopic (exact) mass is 603 g/mol. The Morgan fingerprint density at radius 2 is 2.00 bits per heavy atom. The zero-order chi connectivity index (χ0) is 31.1. The molecule has 0 spiro atoms. The fourth-order valence-electron chi connectivity index (χ4n) is 4.50. The Morgan fingerprint density at radius 1 is 1.21 bits per heavy atom. The summed E-state index contributed by atoms with van der Waals surface area (Å²) in [5.74, 6) is 0.273. The first kappa shape index (κ1) is 31.6. The predicted molar refractivity (Wildman–Crippen MR) is 165 cm³/mol. The Kier molecular flexibility index (Phi) is 10.1. The molecule has 0 saturated carbocycles. The molecule has 1 amide bonds. The van der Waals surface area contributed by atoms with Crippen LogP contribution in [0.4, 0.5) is 5.69 Å². The molecule has 2 atom stereocenters. The number of hydrogen-bond donors (Lipinski definition) is 2. The number of fused-ring (bicyclic) bond motifs is 1. The lowest BCUT2D eigenvalue weighted by atomic mass is 10.0. The van der Waals surface area contributed by atoms with E-state index >= 15 is 0 Å². The van der Waals surface area contributed by atoms with Crippen molar-refractivity contribution < 1.29 is 28.0 Å². The molecule has 2 unspecified atom stereocenters. The van der Waals surface area contributed by atoms with Crippen molar-refractivity contribution in [2.24, 2.45) is 0 Å². The molecule has 2 heterocycles. The van der Waals surface area contributed by atoms with Gasteiger partial charge in [-0.2, -0.15) is 5.26 Å². The Bertz CT molecular complexity index is 1740. The molecule has 0 radical (unpaired) electrons. The Hall–Kier alpha value is -4.30. The highest BCUT2D eigenvalue weighted by Gasteiger charge is 2.26. The third-order valence-electron chi connectivity index (χ3n) is 6.42. The zero-order valence-electron chi connectivity index (χ0n) is 24.6. The Labute approximate surface area is 250 Å². The van der Waals surface area contributed by atoms with Gasteiger partial charge in [0, 0.05) is 53.3 Å². The lowest BCUT2D eigenvalue weighted by Gasteiger charge is -2.18. The molecule has 0 saturated heterocycles. The van der Waals surface area contributed by atoms with Crippen molar-refractivity contribution in [1.82, 2.24) is 14.5 Å². The average Bonchev–Trinajstić information content (AvgIpc) is 3.35. The number of rotatable bonds is 12. The number of methoxy groups -OCH3 is 1. The summed E-state index contributed by atoms with van der Waals surface area (Å²) >= 11 is 0. The predicted octanol–water partition coefficient (Wildman–Crippen LogP) is 5.98. The molecule has 2 N–H and O–H groups in total. The summed E-state index contributed by atoms with van der Waals surface area (Å²) < 4.78 is 29.8. The van der Waals surface area contributed by atoms with Gasteiger partial charge in [0.05, 0.1) is 25.3 Å². The molecule has 224 valence electrons. The van der Waals surface area contributed by atoms with Gasteiger partial charge in [-0.05, 0) is 69.4 Å². The van der Waals surface area contributed by atoms with E-state index in [0.29, 0.717) is 34.6 Å². The summed E-state index contributed by atoms with van der Waals surface area (Å²) in [6.07, 6.45) is 5.79. The summed E-state index contributed by atoms with van der Waals surface area (Å²) in [5.41, 5.74) is 4.49. The van der Waals surface area contributed by atoms with Crippen LogP contribution < -0.4 is 10.1 Å². The number of amides is 1. The standard InChI is InChI=1S/C31H34N5O6P/c1-6-41-43(38,39)42-21(2)36-20-29(23-10-7-9-22(13-23)18-32)28-16-25(19-33-31(28)36)24-14-26(17-27(15-24)40-5)34-30(37)11-8-12-35(3)4/h7-11,13-17,19-21H,6,12H2,1-5H3,(H,34,37)(H,38,39)/b11-8+. The van der Waals surface area contributed by atoms with Gasteiger partial charge < -0.3 is 24.4 Å². The van der Waals surface area contributed by atoms with Crippen LogP contribution in [-0.4, -0.2) is 59.6 Å². The van der Waals surface area contributed by atoms with Gasteiger partial charge in [0.1, 0.15) is 17.6 Å². The van der Waals surface area contributed by atoms with E-state index in [0.717, 1.165) is 22.3 Å². The van der Waals surface area contributed by atoms with Gasteiger partial charge in [0.2, 0.25) is 5.91 Å². The van der Waals surface area contributed by atoms with Crippen molar-refractivity contribution in [3.63, 3.8) is 0 Å². The normalized spacial score (nSPS) is 13.6. The summed E-state index contributed by atoms with van der Waals surface area (Å²) in [4.78, 5) is 29.3. The number of aromatic nitrogens is 2. The SMILES string of the molecule is CCOP(=O)(O)OC(C)n1cc(-c2cccc(C#N)c2)c2cc(-c3cc(NC(=O)/C=C/CN(C)C)cc(OC)c3)cnc21. The lowest BCUT2D eigenvalue weighted by molar-refractivity contribution is -0.111. The first-order chi connectivity index (χ1) is 20.5. The van der Waals surface area contributed by atoms with Crippen LogP contribution in [0.3, 0.4) is 0 Å². The number of hydrogen-bond acceptors (Lipinski definition) is 8. The minimum absolute atomic E-state index is 0.0100. The number of phosphoric ester groups is 1. The number of likely N-dealkylation sites (N-methyl/N-ethyl adjacent to an activating group) is 1. The van der Waals surface area contributed by atoms with Crippen molar-refractivity contribution in [3.05, 3.63) is 78.6 Å². The third kappa shape index (κ3) is 7.96. The maximum Gasteiger partial charge on any atom is 0.474 e. The second-order valence-electron chi connectivity index (χ2n) is 9.93. The van der Waals surface area contributed by atoms with Crippen molar-refractivity contribution in [2.75, 3.05) is 39.7 Å². The molecule has 2 aromatic carbocycles. The molecule has 2 aromatic heterocycles. The largest absolute Gasteiger partial charge is 0.497 e. The average molecular weight is 604 g/mol. The molecule has 43 heavy (non-hydrogen) atoms. The number of pyridine rings is 1. The molecular formula is C31H34N5O6P. The van der Waals surface area contributed by atoms with Gasteiger partial charge in [-0.3, -0.25) is 13.8 Å². The van der Waals surface area contributed by atoms with E-state index in [9.17, 15) is 19.5 Å². The van der Waals surface area contributed by atoms with Crippen LogP contribution in [0.15, 0.2) is 73.1 Å². The van der Waals surface area contributed by atoms with Crippen molar-refractivity contribution >= 4 is 30.5 Å². The number of phosphoric acid groups is 1. The molecule has 0 aliphatic rings. The second-order valence-corrected chi connectivity index (χ2v) is 11.3. The Balaban J connectivity index is 1.80. The molecule has 0 fully saturated rings. The number of carbonyl (C=O) groups is 1. The van der Waals surface area contributed by atoms with Gasteiger partial charge in [-0.15, -0.1) is 0 Å². The van der Waals surface area contributed by atoms with Gasteiger partial charge in [-0.1, -0.05) is 18.2 Å². The van der Waals surface area contributed by atoms with E-state index in [1.54, 1.807) is 68.3 Å². The highest BCUT2D eigenvalue weighted by Crippen LogP contribution is 2.47. The summed E-state index contributed by atoms with van der Waals surface area (Å²) in [6.45, 7) is 3.86. The van der Waals surface area contributed by atoms with Crippen LogP contribution in [0.1, 0.15) is 25.6 Å². The van der Waals surface area contributed by atoms with Crippen LogP contribution in [0.2, 0.25) is 0 Å². The second kappa shape index (κ2) is 13.8. The molecule has 4 rings (SSSR count). The van der Waals surface area contributed by atoms with E-state index in [-0.39, 0.29) is 12.5 Å². The molecule has 11 nitrogen and oxygen atoms in total. The first-order valence-electron chi connectivity index (χ1n) is 13.5. The van der Waals surface area contributed by atoms with Crippen molar-refractivity contribution in [3.8, 4) is 34.1 Å². The van der Waals surface area contributed by atoms with Gasteiger partial charge in [0.15, 0.2) is 0 Å². The van der Waals surface area contributed by atoms with Gasteiger partial charge >= 0.3 is 7.82 Å². The summed E-state index contributed by atoms with van der Waals surface area (Å²) in [5, 5.41) is 13.1. The van der Waals surface area contributed by atoms with Crippen LogP contribution in [-0.2, 0) is 18.4 Å². The van der Waals surface area contributed by atoms with Crippen LogP contribution in [0.5, 0.6) is 5.75 Å². The number of carbonyl (C=O) groups excluding carboxylic acids is 1. The van der Waals surface area contributed by atoms with Crippen LogP contribution >= 0.6 is 7.82 Å².